The Bertz CT molecular complexity index is 587. The zero-order valence-electron chi connectivity index (χ0n) is 11.2. The van der Waals surface area contributed by atoms with Crippen molar-refractivity contribution in [2.75, 3.05) is 12.8 Å². The summed E-state index contributed by atoms with van der Waals surface area (Å²) < 4.78 is 0. The molecular weight excluding hydrogens is 293 g/mol. The number of pyridine rings is 1. The van der Waals surface area contributed by atoms with Crippen molar-refractivity contribution < 1.29 is 0 Å². The lowest BCUT2D eigenvalue weighted by atomic mass is 9.99. The van der Waals surface area contributed by atoms with Crippen LogP contribution in [0.4, 0.5) is 5.69 Å². The topological polar surface area (TPSA) is 50.9 Å². The third-order valence-electron chi connectivity index (χ3n) is 3.28. The number of aromatic nitrogens is 1. The second kappa shape index (κ2) is 6.93. The van der Waals surface area contributed by atoms with Crippen molar-refractivity contribution >= 4 is 28.9 Å². The van der Waals surface area contributed by atoms with Gasteiger partial charge < -0.3 is 11.1 Å². The lowest BCUT2D eigenvalue weighted by molar-refractivity contribution is 0.556. The summed E-state index contributed by atoms with van der Waals surface area (Å²) in [6.45, 7) is 0. The predicted molar refractivity (Wildman–Crippen MR) is 85.4 cm³/mol. The molecule has 1 atom stereocenters. The average Bonchev–Trinajstić information content (AvgIpc) is 2.44. The van der Waals surface area contributed by atoms with Crippen molar-refractivity contribution in [2.24, 2.45) is 0 Å². The van der Waals surface area contributed by atoms with Crippen LogP contribution in [0.5, 0.6) is 0 Å². The van der Waals surface area contributed by atoms with E-state index < -0.39 is 0 Å². The smallest absolute Gasteiger partial charge is 0.0595 e. The second-order valence-electron chi connectivity index (χ2n) is 4.72. The van der Waals surface area contributed by atoms with Gasteiger partial charge >= 0.3 is 0 Å². The van der Waals surface area contributed by atoms with Gasteiger partial charge in [0.15, 0.2) is 0 Å². The van der Waals surface area contributed by atoms with E-state index in [2.05, 4.69) is 10.3 Å². The van der Waals surface area contributed by atoms with Gasteiger partial charge in [0, 0.05) is 24.1 Å². The van der Waals surface area contributed by atoms with E-state index in [1.807, 2.05) is 37.5 Å². The van der Waals surface area contributed by atoms with Crippen molar-refractivity contribution in [1.82, 2.24) is 10.3 Å². The molecule has 0 saturated heterocycles. The number of nitrogens with two attached hydrogens (primary N) is 1. The molecule has 5 heteroatoms. The highest BCUT2D eigenvalue weighted by Gasteiger charge is 2.11. The quantitative estimate of drug-likeness (QED) is 0.890. The molecule has 0 aliphatic heterocycles. The summed E-state index contributed by atoms with van der Waals surface area (Å²) in [5.74, 6) is 0. The Morgan fingerprint density at radius 2 is 2.00 bits per heavy atom. The van der Waals surface area contributed by atoms with Crippen LogP contribution >= 0.6 is 23.2 Å². The van der Waals surface area contributed by atoms with Crippen LogP contribution in [-0.4, -0.2) is 18.1 Å². The zero-order valence-corrected chi connectivity index (χ0v) is 12.7. The summed E-state index contributed by atoms with van der Waals surface area (Å²) >= 11 is 12.0. The van der Waals surface area contributed by atoms with Crippen LogP contribution in [0, 0.1) is 0 Å². The maximum absolute atomic E-state index is 6.04. The van der Waals surface area contributed by atoms with Gasteiger partial charge in [-0.05, 0) is 49.2 Å². The maximum atomic E-state index is 6.04. The van der Waals surface area contributed by atoms with E-state index in [4.69, 9.17) is 28.9 Å². The normalized spacial score (nSPS) is 12.3. The SMILES string of the molecule is CNC(Cc1ccc(Cl)c(Cl)c1)Cc1cnccc1N. The van der Waals surface area contributed by atoms with Gasteiger partial charge in [-0.2, -0.15) is 0 Å². The number of nitrogens with one attached hydrogen (secondary N) is 1. The van der Waals surface area contributed by atoms with E-state index in [9.17, 15) is 0 Å². The lowest BCUT2D eigenvalue weighted by Crippen LogP contribution is -2.30. The van der Waals surface area contributed by atoms with Gasteiger partial charge in [0.05, 0.1) is 10.0 Å². The summed E-state index contributed by atoms with van der Waals surface area (Å²) in [6.07, 6.45) is 5.18. The van der Waals surface area contributed by atoms with E-state index in [1.54, 1.807) is 6.20 Å². The van der Waals surface area contributed by atoms with Gasteiger partial charge in [0.2, 0.25) is 0 Å². The molecule has 0 radical (unpaired) electrons. The Hall–Kier alpha value is -1.29. The van der Waals surface area contributed by atoms with Gasteiger partial charge in [0.1, 0.15) is 0 Å². The average molecular weight is 310 g/mol. The highest BCUT2D eigenvalue weighted by Crippen LogP contribution is 2.23. The van der Waals surface area contributed by atoms with Crippen molar-refractivity contribution in [3.8, 4) is 0 Å². The standard InChI is InChI=1S/C15H17Cl2N3/c1-19-12(8-11-9-20-5-4-15(11)18)6-10-2-3-13(16)14(17)7-10/h2-5,7,9,12,19H,6,8H2,1H3,(H2,18,20). The lowest BCUT2D eigenvalue weighted by Gasteiger charge is -2.17. The minimum atomic E-state index is 0.263. The Balaban J connectivity index is 2.09. The van der Waals surface area contributed by atoms with Crippen LogP contribution in [0.3, 0.4) is 0 Å². The molecule has 0 bridgehead atoms. The van der Waals surface area contributed by atoms with Crippen LogP contribution in [0.1, 0.15) is 11.1 Å². The number of rotatable bonds is 5. The fraction of sp³-hybridized carbons (Fsp3) is 0.267. The molecule has 2 aromatic rings. The highest BCUT2D eigenvalue weighted by atomic mass is 35.5. The molecule has 106 valence electrons. The first-order valence-electron chi connectivity index (χ1n) is 6.39. The molecule has 0 fully saturated rings. The first-order valence-corrected chi connectivity index (χ1v) is 7.15. The van der Waals surface area contributed by atoms with E-state index in [1.165, 1.54) is 0 Å². The van der Waals surface area contributed by atoms with Crippen LogP contribution in [-0.2, 0) is 12.8 Å². The molecule has 2 rings (SSSR count). The van der Waals surface area contributed by atoms with E-state index in [-0.39, 0.29) is 6.04 Å². The molecule has 3 nitrogen and oxygen atoms in total. The minimum Gasteiger partial charge on any atom is -0.398 e. The van der Waals surface area contributed by atoms with Gasteiger partial charge in [-0.3, -0.25) is 4.98 Å². The molecule has 1 aromatic heterocycles. The minimum absolute atomic E-state index is 0.263. The molecule has 0 spiro atoms. The molecule has 3 N–H and O–H groups in total. The molecule has 20 heavy (non-hydrogen) atoms. The van der Waals surface area contributed by atoms with Crippen LogP contribution in [0.25, 0.3) is 0 Å². The first-order chi connectivity index (χ1) is 9.60. The number of benzene rings is 1. The number of likely N-dealkylation sites (N-methyl/N-ethyl adjacent to an activating group) is 1. The van der Waals surface area contributed by atoms with Gasteiger partial charge in [-0.25, -0.2) is 0 Å². The van der Waals surface area contributed by atoms with Gasteiger partial charge in [-0.1, -0.05) is 29.3 Å². The zero-order chi connectivity index (χ0) is 14.5. The number of nitrogen functional groups attached to an aromatic ring is 1. The van der Waals surface area contributed by atoms with Crippen LogP contribution in [0.2, 0.25) is 10.0 Å². The fourth-order valence-electron chi connectivity index (χ4n) is 2.10. The highest BCUT2D eigenvalue weighted by molar-refractivity contribution is 6.42. The predicted octanol–water partition coefficient (Wildman–Crippen LogP) is 3.34. The fourth-order valence-corrected chi connectivity index (χ4v) is 2.42. The summed E-state index contributed by atoms with van der Waals surface area (Å²) in [7, 11) is 1.94. The third-order valence-corrected chi connectivity index (χ3v) is 4.02. The van der Waals surface area contributed by atoms with Gasteiger partial charge in [-0.15, -0.1) is 0 Å². The molecule has 0 aliphatic carbocycles. The van der Waals surface area contributed by atoms with E-state index >= 15 is 0 Å². The Morgan fingerprint density at radius 1 is 1.20 bits per heavy atom. The summed E-state index contributed by atoms with van der Waals surface area (Å²) in [5.41, 5.74) is 8.92. The van der Waals surface area contributed by atoms with Crippen molar-refractivity contribution in [1.29, 1.82) is 0 Å². The number of nitrogens with zero attached hydrogens (tertiary/aromatic N) is 1. The first kappa shape index (κ1) is 15.1. The Kier molecular flexibility index (Phi) is 5.24. The number of anilines is 1. The van der Waals surface area contributed by atoms with E-state index in [0.29, 0.717) is 10.0 Å². The summed E-state index contributed by atoms with van der Waals surface area (Å²) in [4.78, 5) is 4.12. The molecular formula is C15H17Cl2N3. The molecule has 0 amide bonds. The molecule has 1 unspecified atom stereocenters. The Morgan fingerprint density at radius 3 is 2.65 bits per heavy atom. The maximum Gasteiger partial charge on any atom is 0.0595 e. The van der Waals surface area contributed by atoms with Crippen LogP contribution < -0.4 is 11.1 Å². The summed E-state index contributed by atoms with van der Waals surface area (Å²) in [5, 5.41) is 4.46. The van der Waals surface area contributed by atoms with E-state index in [0.717, 1.165) is 29.7 Å². The van der Waals surface area contributed by atoms with Gasteiger partial charge in [0.25, 0.3) is 0 Å². The van der Waals surface area contributed by atoms with Crippen molar-refractivity contribution in [3.05, 3.63) is 57.8 Å². The molecule has 0 saturated carbocycles. The second-order valence-corrected chi connectivity index (χ2v) is 5.53. The Labute approximate surface area is 129 Å². The number of hydrogen-bond acceptors (Lipinski definition) is 3. The van der Waals surface area contributed by atoms with Crippen LogP contribution in [0.15, 0.2) is 36.7 Å². The molecule has 0 aliphatic rings. The molecule has 1 heterocycles. The number of hydrogen-bond donors (Lipinski definition) is 2. The number of halogens is 2. The third kappa shape index (κ3) is 3.85. The largest absolute Gasteiger partial charge is 0.398 e. The van der Waals surface area contributed by atoms with Crippen molar-refractivity contribution in [2.45, 2.75) is 18.9 Å². The molecule has 1 aromatic carbocycles. The monoisotopic (exact) mass is 309 g/mol. The van der Waals surface area contributed by atoms with Crippen molar-refractivity contribution in [3.63, 3.8) is 0 Å². The summed E-state index contributed by atoms with van der Waals surface area (Å²) in [6, 6.07) is 7.80.